The van der Waals surface area contributed by atoms with E-state index in [4.69, 9.17) is 10.8 Å². The molecule has 172 valence electrons. The average Bonchev–Trinajstić information content (AvgIpc) is 2.74. The van der Waals surface area contributed by atoms with Gasteiger partial charge in [-0.15, -0.1) is 0 Å². The van der Waals surface area contributed by atoms with Crippen LogP contribution >= 0.6 is 24.4 Å². The number of carboxylic acids is 1. The van der Waals surface area contributed by atoms with Gasteiger partial charge < -0.3 is 31.9 Å². The average molecular weight is 473 g/mol. The highest BCUT2D eigenvalue weighted by molar-refractivity contribution is 7.98. The number of nitrogens with two attached hydrogens (primary N) is 1. The van der Waals surface area contributed by atoms with Gasteiger partial charge >= 0.3 is 5.97 Å². The monoisotopic (exact) mass is 472 g/mol. The van der Waals surface area contributed by atoms with Crippen molar-refractivity contribution < 1.29 is 29.4 Å². The molecule has 0 aliphatic heterocycles. The van der Waals surface area contributed by atoms with Gasteiger partial charge in [0, 0.05) is 12.2 Å². The van der Waals surface area contributed by atoms with E-state index in [0.29, 0.717) is 17.7 Å². The van der Waals surface area contributed by atoms with Crippen LogP contribution in [0.15, 0.2) is 24.3 Å². The van der Waals surface area contributed by atoms with Crippen molar-refractivity contribution >= 4 is 48.1 Å². The Balaban J connectivity index is 2.79. The summed E-state index contributed by atoms with van der Waals surface area (Å²) in [4.78, 5) is 48.1. The highest BCUT2D eigenvalue weighted by Gasteiger charge is 2.26. The number of rotatable bonds is 13. The van der Waals surface area contributed by atoms with E-state index in [9.17, 15) is 24.3 Å². The van der Waals surface area contributed by atoms with Gasteiger partial charge in [-0.1, -0.05) is 12.1 Å². The second kappa shape index (κ2) is 13.8. The van der Waals surface area contributed by atoms with E-state index in [1.165, 1.54) is 12.1 Å². The number of hydrogen-bond donors (Lipinski definition) is 7. The summed E-state index contributed by atoms with van der Waals surface area (Å²) in [6.07, 6.45) is 2.39. The first kappa shape index (κ1) is 26.6. The van der Waals surface area contributed by atoms with Gasteiger partial charge in [-0.3, -0.25) is 14.4 Å². The molecular weight excluding hydrogens is 444 g/mol. The summed E-state index contributed by atoms with van der Waals surface area (Å²) in [7, 11) is 0. The zero-order valence-electron chi connectivity index (χ0n) is 17.0. The first-order valence-electron chi connectivity index (χ1n) is 9.41. The normalized spacial score (nSPS) is 13.5. The van der Waals surface area contributed by atoms with Crippen molar-refractivity contribution in [2.75, 3.05) is 24.3 Å². The summed E-state index contributed by atoms with van der Waals surface area (Å²) in [5.74, 6) is -2.49. The standard InChI is InChI=1S/C19H28N4O6S2/c1-31-7-6-13(20)17(26)21-9-16(25)22-14(8-11-2-4-12(24)5-3-11)18(27)23-15(10-30)19(28)29/h2-5,13-15,24,30H,6-10,20H2,1H3,(H,21,26)(H,22,25)(H,23,27)(H,28,29). The van der Waals surface area contributed by atoms with Gasteiger partial charge in [-0.05, 0) is 36.1 Å². The topological polar surface area (TPSA) is 171 Å². The van der Waals surface area contributed by atoms with Gasteiger partial charge in [-0.25, -0.2) is 4.79 Å². The third kappa shape index (κ3) is 9.94. The number of thioether (sulfide) groups is 1. The van der Waals surface area contributed by atoms with E-state index < -0.39 is 41.8 Å². The molecule has 0 aliphatic carbocycles. The minimum Gasteiger partial charge on any atom is -0.508 e. The molecule has 31 heavy (non-hydrogen) atoms. The minimum atomic E-state index is -1.26. The van der Waals surface area contributed by atoms with Crippen LogP contribution in [-0.4, -0.2) is 76.3 Å². The molecule has 7 N–H and O–H groups in total. The molecule has 0 aromatic heterocycles. The third-order valence-electron chi connectivity index (χ3n) is 4.22. The maximum absolute atomic E-state index is 12.6. The largest absolute Gasteiger partial charge is 0.508 e. The Bertz CT molecular complexity index is 762. The van der Waals surface area contributed by atoms with Crippen LogP contribution < -0.4 is 21.7 Å². The molecule has 1 rings (SSSR count). The number of benzene rings is 1. The van der Waals surface area contributed by atoms with Crippen LogP contribution in [0.1, 0.15) is 12.0 Å². The van der Waals surface area contributed by atoms with Crippen molar-refractivity contribution in [3.63, 3.8) is 0 Å². The first-order chi connectivity index (χ1) is 14.7. The fraction of sp³-hybridized carbons (Fsp3) is 0.474. The fourth-order valence-electron chi connectivity index (χ4n) is 2.45. The molecular formula is C19H28N4O6S2. The number of carbonyl (C=O) groups is 4. The van der Waals surface area contributed by atoms with Crippen LogP contribution in [0.2, 0.25) is 0 Å². The van der Waals surface area contributed by atoms with Crippen molar-refractivity contribution in [3.8, 4) is 5.75 Å². The van der Waals surface area contributed by atoms with Crippen LogP contribution in [0.4, 0.5) is 0 Å². The highest BCUT2D eigenvalue weighted by Crippen LogP contribution is 2.11. The van der Waals surface area contributed by atoms with E-state index in [0.717, 1.165) is 0 Å². The molecule has 0 saturated carbocycles. The van der Waals surface area contributed by atoms with Crippen molar-refractivity contribution in [2.45, 2.75) is 31.0 Å². The molecule has 3 unspecified atom stereocenters. The summed E-state index contributed by atoms with van der Waals surface area (Å²) in [5.41, 5.74) is 6.37. The maximum Gasteiger partial charge on any atom is 0.327 e. The number of phenolic OH excluding ortho intramolecular Hbond substituents is 1. The predicted octanol–water partition coefficient (Wildman–Crippen LogP) is -0.885. The summed E-state index contributed by atoms with van der Waals surface area (Å²) in [6.45, 7) is -0.389. The Labute approximate surface area is 190 Å². The number of carboxylic acid groups (broad SMARTS) is 1. The summed E-state index contributed by atoms with van der Waals surface area (Å²) in [6, 6.07) is 2.91. The van der Waals surface area contributed by atoms with Gasteiger partial charge in [0.2, 0.25) is 17.7 Å². The highest BCUT2D eigenvalue weighted by atomic mass is 32.2. The molecule has 0 heterocycles. The first-order valence-corrected chi connectivity index (χ1v) is 11.4. The lowest BCUT2D eigenvalue weighted by Gasteiger charge is -2.21. The van der Waals surface area contributed by atoms with E-state index >= 15 is 0 Å². The zero-order valence-corrected chi connectivity index (χ0v) is 18.7. The van der Waals surface area contributed by atoms with Crippen LogP contribution in [0, 0.1) is 0 Å². The number of hydrogen-bond acceptors (Lipinski definition) is 8. The number of carbonyl (C=O) groups excluding carboxylic acids is 3. The number of aliphatic carboxylic acids is 1. The van der Waals surface area contributed by atoms with Crippen molar-refractivity contribution in [1.29, 1.82) is 0 Å². The van der Waals surface area contributed by atoms with Crippen LogP contribution in [0.3, 0.4) is 0 Å². The number of nitrogens with one attached hydrogen (secondary N) is 3. The summed E-state index contributed by atoms with van der Waals surface area (Å²) in [5, 5.41) is 25.8. The molecule has 12 heteroatoms. The molecule has 0 bridgehead atoms. The van der Waals surface area contributed by atoms with Crippen LogP contribution in [0.5, 0.6) is 5.75 Å². The number of amides is 3. The second-order valence-electron chi connectivity index (χ2n) is 6.68. The lowest BCUT2D eigenvalue weighted by molar-refractivity contribution is -0.141. The number of phenols is 1. The maximum atomic E-state index is 12.6. The molecule has 1 aromatic carbocycles. The quantitative estimate of drug-likeness (QED) is 0.181. The molecule has 0 fully saturated rings. The molecule has 0 spiro atoms. The van der Waals surface area contributed by atoms with Crippen LogP contribution in [0.25, 0.3) is 0 Å². The molecule has 0 saturated heterocycles. The lowest BCUT2D eigenvalue weighted by Crippen LogP contribution is -2.54. The summed E-state index contributed by atoms with van der Waals surface area (Å²) < 4.78 is 0. The minimum absolute atomic E-state index is 0.0373. The number of aromatic hydroxyl groups is 1. The molecule has 1 aromatic rings. The molecule has 3 amide bonds. The van der Waals surface area contributed by atoms with E-state index in [2.05, 4.69) is 28.6 Å². The second-order valence-corrected chi connectivity index (χ2v) is 8.03. The molecule has 0 radical (unpaired) electrons. The van der Waals surface area contributed by atoms with Crippen molar-refractivity contribution in [3.05, 3.63) is 29.8 Å². The van der Waals surface area contributed by atoms with Crippen LogP contribution in [-0.2, 0) is 25.6 Å². The molecule has 10 nitrogen and oxygen atoms in total. The zero-order chi connectivity index (χ0) is 23.4. The van der Waals surface area contributed by atoms with Gasteiger partial charge in [0.15, 0.2) is 0 Å². The molecule has 0 aliphatic rings. The van der Waals surface area contributed by atoms with E-state index in [-0.39, 0.29) is 24.5 Å². The van der Waals surface area contributed by atoms with E-state index in [1.54, 1.807) is 23.9 Å². The third-order valence-corrected chi connectivity index (χ3v) is 5.23. The van der Waals surface area contributed by atoms with Gasteiger partial charge in [0.05, 0.1) is 12.6 Å². The lowest BCUT2D eigenvalue weighted by atomic mass is 10.0. The number of thiol groups is 1. The Hall–Kier alpha value is -2.44. The Morgan fingerprint density at radius 3 is 2.29 bits per heavy atom. The van der Waals surface area contributed by atoms with Gasteiger partial charge in [-0.2, -0.15) is 24.4 Å². The van der Waals surface area contributed by atoms with E-state index in [1.807, 2.05) is 6.26 Å². The smallest absolute Gasteiger partial charge is 0.327 e. The molecule has 3 atom stereocenters. The van der Waals surface area contributed by atoms with Crippen molar-refractivity contribution in [2.24, 2.45) is 5.73 Å². The predicted molar refractivity (Wildman–Crippen MR) is 121 cm³/mol. The van der Waals surface area contributed by atoms with Gasteiger partial charge in [0.25, 0.3) is 0 Å². The van der Waals surface area contributed by atoms with Gasteiger partial charge in [0.1, 0.15) is 17.8 Å². The Morgan fingerprint density at radius 2 is 1.74 bits per heavy atom. The summed E-state index contributed by atoms with van der Waals surface area (Å²) >= 11 is 5.45. The van der Waals surface area contributed by atoms with Crippen molar-refractivity contribution in [1.82, 2.24) is 16.0 Å². The Morgan fingerprint density at radius 1 is 1.10 bits per heavy atom. The fourth-order valence-corrected chi connectivity index (χ4v) is 3.19. The SMILES string of the molecule is CSCCC(N)C(=O)NCC(=O)NC(Cc1ccc(O)cc1)C(=O)NC(CS)C(=O)O. The Kier molecular flexibility index (Phi) is 11.8.